The Balaban J connectivity index is 0.000000172. The maximum Gasteiger partial charge on any atom is 0.332 e. The van der Waals surface area contributed by atoms with Gasteiger partial charge in [0.25, 0.3) is 0 Å². The van der Waals surface area contributed by atoms with E-state index in [1.165, 1.54) is 6.92 Å². The summed E-state index contributed by atoms with van der Waals surface area (Å²) >= 11 is 0. The van der Waals surface area contributed by atoms with Crippen molar-refractivity contribution < 1.29 is 28.8 Å². The zero-order chi connectivity index (χ0) is 12.7. The molecule has 6 heteroatoms. The van der Waals surface area contributed by atoms with Crippen LogP contribution >= 0.6 is 0 Å². The van der Waals surface area contributed by atoms with Crippen molar-refractivity contribution in [1.82, 2.24) is 0 Å². The SMILES string of the molecule is C(OCC1CO1)C1CO1.C=CC(=O)OC(C)O. The van der Waals surface area contributed by atoms with Crippen LogP contribution in [0, 0.1) is 0 Å². The lowest BCUT2D eigenvalue weighted by Crippen LogP contribution is -2.10. The standard InChI is InChI=1S/C6H10O3.C5H8O3/c1(5-3-8-5)7-2-6-4-9-6;1-3-5(7)8-4(2)6/h5-6H,1-4H2;3-4,6H,1H2,2H3. The van der Waals surface area contributed by atoms with Gasteiger partial charge in [-0.25, -0.2) is 4.79 Å². The lowest BCUT2D eigenvalue weighted by molar-refractivity contribution is -0.158. The van der Waals surface area contributed by atoms with Gasteiger partial charge in [-0.1, -0.05) is 6.58 Å². The molecule has 0 aromatic heterocycles. The molecule has 2 aliphatic heterocycles. The largest absolute Gasteiger partial charge is 0.433 e. The molecule has 1 N–H and O–H groups in total. The molecule has 2 saturated heterocycles. The van der Waals surface area contributed by atoms with Gasteiger partial charge < -0.3 is 24.1 Å². The second-order valence-corrected chi connectivity index (χ2v) is 3.69. The van der Waals surface area contributed by atoms with Crippen molar-refractivity contribution in [3.8, 4) is 0 Å². The van der Waals surface area contributed by atoms with E-state index in [0.717, 1.165) is 32.5 Å². The van der Waals surface area contributed by atoms with Crippen molar-refractivity contribution >= 4 is 5.97 Å². The van der Waals surface area contributed by atoms with Gasteiger partial charge in [-0.2, -0.15) is 0 Å². The van der Waals surface area contributed by atoms with E-state index in [1.807, 2.05) is 0 Å². The summed E-state index contributed by atoms with van der Waals surface area (Å²) in [7, 11) is 0. The van der Waals surface area contributed by atoms with Gasteiger partial charge in [-0.3, -0.25) is 0 Å². The molecule has 2 aliphatic rings. The first kappa shape index (κ1) is 14.1. The lowest BCUT2D eigenvalue weighted by Gasteiger charge is -2.01. The van der Waals surface area contributed by atoms with E-state index >= 15 is 0 Å². The van der Waals surface area contributed by atoms with Crippen LogP contribution in [-0.4, -0.2) is 56.0 Å². The molecule has 0 radical (unpaired) electrons. The summed E-state index contributed by atoms with van der Waals surface area (Å²) in [5.74, 6) is -0.611. The summed E-state index contributed by atoms with van der Waals surface area (Å²) in [5.41, 5.74) is 0. The van der Waals surface area contributed by atoms with Crippen molar-refractivity contribution in [2.45, 2.75) is 25.4 Å². The Bertz CT molecular complexity index is 232. The fourth-order valence-corrected chi connectivity index (χ4v) is 0.876. The molecule has 3 unspecified atom stereocenters. The van der Waals surface area contributed by atoms with Crippen LogP contribution < -0.4 is 0 Å². The Morgan fingerprint density at radius 1 is 1.47 bits per heavy atom. The maximum atomic E-state index is 10.1. The van der Waals surface area contributed by atoms with Gasteiger partial charge in [0.05, 0.1) is 26.4 Å². The second-order valence-electron chi connectivity index (χ2n) is 3.69. The number of hydrogen-bond acceptors (Lipinski definition) is 6. The highest BCUT2D eigenvalue weighted by Crippen LogP contribution is 2.12. The van der Waals surface area contributed by atoms with Gasteiger partial charge >= 0.3 is 5.97 Å². The number of esters is 1. The third-order valence-electron chi connectivity index (χ3n) is 1.87. The molecule has 0 bridgehead atoms. The molecular weight excluding hydrogens is 228 g/mol. The highest BCUT2D eigenvalue weighted by atomic mass is 16.6. The Morgan fingerprint density at radius 2 is 1.94 bits per heavy atom. The first-order valence-corrected chi connectivity index (χ1v) is 5.44. The second kappa shape index (κ2) is 7.39. The van der Waals surface area contributed by atoms with Crippen molar-refractivity contribution in [3.05, 3.63) is 12.7 Å². The fourth-order valence-electron chi connectivity index (χ4n) is 0.876. The van der Waals surface area contributed by atoms with Gasteiger partial charge in [0.2, 0.25) is 0 Å². The highest BCUT2D eigenvalue weighted by Gasteiger charge is 2.26. The number of aliphatic hydroxyl groups excluding tert-OH is 1. The van der Waals surface area contributed by atoms with E-state index in [0.29, 0.717) is 12.2 Å². The molecule has 0 amide bonds. The first-order chi connectivity index (χ1) is 8.11. The van der Waals surface area contributed by atoms with Crippen LogP contribution in [0.15, 0.2) is 12.7 Å². The van der Waals surface area contributed by atoms with Gasteiger partial charge in [0, 0.05) is 6.08 Å². The summed E-state index contributed by atoms with van der Waals surface area (Å²) in [5, 5.41) is 8.36. The number of carbonyl (C=O) groups is 1. The fraction of sp³-hybridized carbons (Fsp3) is 0.727. The highest BCUT2D eigenvalue weighted by molar-refractivity contribution is 5.81. The average Bonchev–Trinajstić information content (AvgIpc) is 3.11. The summed E-state index contributed by atoms with van der Waals surface area (Å²) in [6.07, 6.45) is 0.736. The quantitative estimate of drug-likeness (QED) is 0.304. The average molecular weight is 246 g/mol. The number of epoxide rings is 2. The van der Waals surface area contributed by atoms with Crippen LogP contribution in [0.25, 0.3) is 0 Å². The van der Waals surface area contributed by atoms with Crippen LogP contribution in [0.2, 0.25) is 0 Å². The summed E-state index contributed by atoms with van der Waals surface area (Å²) in [6.45, 7) is 7.74. The smallest absolute Gasteiger partial charge is 0.332 e. The lowest BCUT2D eigenvalue weighted by atomic mass is 10.5. The number of carbonyl (C=O) groups excluding carboxylic acids is 1. The van der Waals surface area contributed by atoms with Gasteiger partial charge in [-0.15, -0.1) is 0 Å². The molecule has 2 rings (SSSR count). The normalized spacial score (nSPS) is 26.2. The summed E-state index contributed by atoms with van der Waals surface area (Å²) in [6, 6.07) is 0. The summed E-state index contributed by atoms with van der Waals surface area (Å²) in [4.78, 5) is 10.1. The number of rotatable bonds is 6. The van der Waals surface area contributed by atoms with E-state index in [9.17, 15) is 4.79 Å². The molecule has 2 heterocycles. The van der Waals surface area contributed by atoms with Crippen LogP contribution in [-0.2, 0) is 23.7 Å². The molecule has 0 saturated carbocycles. The van der Waals surface area contributed by atoms with Gasteiger partial charge in [0.15, 0.2) is 6.29 Å². The predicted octanol–water partition coefficient (Wildman–Crippen LogP) is -0.145. The van der Waals surface area contributed by atoms with Crippen LogP contribution in [0.4, 0.5) is 0 Å². The van der Waals surface area contributed by atoms with Crippen molar-refractivity contribution in [2.75, 3.05) is 26.4 Å². The third-order valence-corrected chi connectivity index (χ3v) is 1.87. The molecule has 0 spiro atoms. The molecule has 6 nitrogen and oxygen atoms in total. The molecular formula is C11H18O6. The van der Waals surface area contributed by atoms with E-state index in [1.54, 1.807) is 0 Å². The molecule has 17 heavy (non-hydrogen) atoms. The topological polar surface area (TPSA) is 80.8 Å². The maximum absolute atomic E-state index is 10.1. The Morgan fingerprint density at radius 3 is 2.18 bits per heavy atom. The monoisotopic (exact) mass is 246 g/mol. The molecule has 0 aliphatic carbocycles. The minimum absolute atomic E-state index is 0.392. The number of ether oxygens (including phenoxy) is 4. The van der Waals surface area contributed by atoms with Gasteiger partial charge in [0.1, 0.15) is 12.2 Å². The van der Waals surface area contributed by atoms with E-state index in [-0.39, 0.29) is 0 Å². The zero-order valence-electron chi connectivity index (χ0n) is 9.83. The molecule has 98 valence electrons. The number of aliphatic hydroxyl groups is 1. The first-order valence-electron chi connectivity index (χ1n) is 5.44. The molecule has 2 fully saturated rings. The molecule has 0 aromatic rings. The molecule has 3 atom stereocenters. The van der Waals surface area contributed by atoms with Crippen molar-refractivity contribution in [3.63, 3.8) is 0 Å². The van der Waals surface area contributed by atoms with Crippen molar-refractivity contribution in [1.29, 1.82) is 0 Å². The van der Waals surface area contributed by atoms with E-state index < -0.39 is 12.3 Å². The Kier molecular flexibility index (Phi) is 6.13. The van der Waals surface area contributed by atoms with Crippen LogP contribution in [0.3, 0.4) is 0 Å². The minimum Gasteiger partial charge on any atom is -0.433 e. The van der Waals surface area contributed by atoms with Crippen molar-refractivity contribution in [2.24, 2.45) is 0 Å². The summed E-state index contributed by atoms with van der Waals surface area (Å²) < 4.78 is 19.3. The van der Waals surface area contributed by atoms with Crippen LogP contribution in [0.1, 0.15) is 6.92 Å². The van der Waals surface area contributed by atoms with E-state index in [2.05, 4.69) is 11.3 Å². The van der Waals surface area contributed by atoms with Crippen LogP contribution in [0.5, 0.6) is 0 Å². The number of hydrogen-bond donors (Lipinski definition) is 1. The zero-order valence-corrected chi connectivity index (χ0v) is 9.83. The minimum atomic E-state index is -1.04. The Hall–Kier alpha value is -0.950. The predicted molar refractivity (Wildman–Crippen MR) is 58.3 cm³/mol. The Labute approximate surface area is 100 Å². The third kappa shape index (κ3) is 8.82. The molecule has 0 aromatic carbocycles. The van der Waals surface area contributed by atoms with E-state index in [4.69, 9.17) is 19.3 Å². The van der Waals surface area contributed by atoms with Gasteiger partial charge in [-0.05, 0) is 6.92 Å².